The third kappa shape index (κ3) is 3.92. The van der Waals surface area contributed by atoms with Crippen molar-refractivity contribution in [3.8, 4) is 5.69 Å². The minimum absolute atomic E-state index is 0.147. The van der Waals surface area contributed by atoms with E-state index in [0.717, 1.165) is 34.7 Å². The molecule has 1 aromatic carbocycles. The van der Waals surface area contributed by atoms with Gasteiger partial charge in [-0.1, -0.05) is 12.1 Å². The highest BCUT2D eigenvalue weighted by Gasteiger charge is 2.63. The molecule has 0 N–H and O–H groups in total. The van der Waals surface area contributed by atoms with E-state index >= 15 is 0 Å². The summed E-state index contributed by atoms with van der Waals surface area (Å²) < 4.78 is 60.4. The van der Waals surface area contributed by atoms with E-state index in [0.29, 0.717) is 29.6 Å². The standard InChI is InChI=1S/C28H28F4N6O/c1-35-17-33-34-24(35)27(15-26(16-27)6-7-26)19-3-2-4-21(10-19)37-14-23-22(28(30,31)32)9-18(12-38(23)25(37)39)11-36-8-5-20(29)13-36/h2-4,9-10,12,14,17,20H,5-8,11,13,15-16H2,1H3/t20-/m0/s1. The summed E-state index contributed by atoms with van der Waals surface area (Å²) in [6.07, 6.45) is 3.33. The number of alkyl halides is 4. The molecule has 2 saturated carbocycles. The number of pyridine rings is 1. The number of fused-ring (bicyclic) bond motifs is 1. The Hall–Kier alpha value is -3.47. The van der Waals surface area contributed by atoms with E-state index in [4.69, 9.17) is 0 Å². The Morgan fingerprint density at radius 2 is 1.92 bits per heavy atom. The molecule has 0 bridgehead atoms. The van der Waals surface area contributed by atoms with Gasteiger partial charge in [-0.2, -0.15) is 13.2 Å². The monoisotopic (exact) mass is 540 g/mol. The van der Waals surface area contributed by atoms with E-state index < -0.39 is 23.6 Å². The Morgan fingerprint density at radius 3 is 2.56 bits per heavy atom. The van der Waals surface area contributed by atoms with Gasteiger partial charge in [-0.15, -0.1) is 10.2 Å². The molecule has 1 aliphatic heterocycles. The van der Waals surface area contributed by atoms with E-state index in [1.165, 1.54) is 29.8 Å². The SMILES string of the molecule is Cn1cnnc1C1(c2cccc(-n3cc4c(C(F)(F)F)cc(CN5CC[C@H](F)C5)cn4c3=O)c2)CC2(CC2)C1. The second-order valence-electron chi connectivity index (χ2n) is 11.7. The predicted molar refractivity (Wildman–Crippen MR) is 135 cm³/mol. The Labute approximate surface area is 221 Å². The van der Waals surface area contributed by atoms with Crippen molar-refractivity contribution in [3.63, 3.8) is 0 Å². The van der Waals surface area contributed by atoms with Crippen LogP contribution in [0.25, 0.3) is 11.2 Å². The van der Waals surface area contributed by atoms with Gasteiger partial charge in [0.2, 0.25) is 0 Å². The number of hydrogen-bond acceptors (Lipinski definition) is 4. The zero-order valence-electron chi connectivity index (χ0n) is 21.5. The fraction of sp³-hybridized carbons (Fsp3) is 0.464. The second kappa shape index (κ2) is 8.27. The van der Waals surface area contributed by atoms with Crippen LogP contribution >= 0.6 is 0 Å². The zero-order chi connectivity index (χ0) is 27.2. The summed E-state index contributed by atoms with van der Waals surface area (Å²) in [5.41, 5.74) is 0.0929. The second-order valence-corrected chi connectivity index (χ2v) is 11.7. The van der Waals surface area contributed by atoms with Crippen LogP contribution < -0.4 is 5.69 Å². The van der Waals surface area contributed by atoms with Gasteiger partial charge in [0.1, 0.15) is 18.3 Å². The summed E-state index contributed by atoms with van der Waals surface area (Å²) >= 11 is 0. The summed E-state index contributed by atoms with van der Waals surface area (Å²) in [5.74, 6) is 0.855. The van der Waals surface area contributed by atoms with E-state index in [1.807, 2.05) is 29.8 Å². The first kappa shape index (κ1) is 24.6. The number of hydrogen-bond donors (Lipinski definition) is 0. The van der Waals surface area contributed by atoms with Crippen molar-refractivity contribution in [3.05, 3.63) is 82.1 Å². The number of benzene rings is 1. The van der Waals surface area contributed by atoms with Gasteiger partial charge in [-0.25, -0.2) is 9.18 Å². The normalized spacial score (nSPS) is 22.0. The van der Waals surface area contributed by atoms with Crippen LogP contribution in [0.3, 0.4) is 0 Å². The summed E-state index contributed by atoms with van der Waals surface area (Å²) in [7, 11) is 1.91. The van der Waals surface area contributed by atoms with Crippen LogP contribution in [-0.2, 0) is 25.2 Å². The minimum Gasteiger partial charge on any atom is -0.320 e. The molecular weight excluding hydrogens is 512 g/mol. The minimum atomic E-state index is -4.66. The molecule has 204 valence electrons. The molecule has 39 heavy (non-hydrogen) atoms. The van der Waals surface area contributed by atoms with E-state index in [1.54, 1.807) is 17.3 Å². The van der Waals surface area contributed by atoms with Crippen LogP contribution in [0.4, 0.5) is 17.6 Å². The van der Waals surface area contributed by atoms with E-state index in [2.05, 4.69) is 10.2 Å². The molecule has 3 aromatic heterocycles. The number of imidazole rings is 1. The Balaban J connectivity index is 1.32. The first-order valence-electron chi connectivity index (χ1n) is 13.2. The highest BCUT2D eigenvalue weighted by Crippen LogP contribution is 2.70. The molecule has 7 nitrogen and oxygen atoms in total. The third-order valence-electron chi connectivity index (χ3n) is 8.88. The fourth-order valence-corrected chi connectivity index (χ4v) is 6.85. The van der Waals surface area contributed by atoms with Gasteiger partial charge in [0.05, 0.1) is 22.2 Å². The molecule has 7 rings (SSSR count). The highest BCUT2D eigenvalue weighted by atomic mass is 19.4. The smallest absolute Gasteiger partial charge is 0.320 e. The van der Waals surface area contributed by atoms with Crippen molar-refractivity contribution < 1.29 is 17.6 Å². The molecule has 0 amide bonds. The Morgan fingerprint density at radius 1 is 1.13 bits per heavy atom. The Bertz CT molecular complexity index is 1640. The van der Waals surface area contributed by atoms with Crippen LogP contribution in [0.15, 0.2) is 53.8 Å². The molecule has 0 unspecified atom stereocenters. The molecule has 1 spiro atoms. The summed E-state index contributed by atoms with van der Waals surface area (Å²) in [5, 5.41) is 8.51. The molecule has 4 aromatic rings. The van der Waals surface area contributed by atoms with Crippen molar-refractivity contribution in [2.45, 2.75) is 56.4 Å². The lowest BCUT2D eigenvalue weighted by Gasteiger charge is -2.48. The van der Waals surface area contributed by atoms with Gasteiger partial charge in [0.25, 0.3) is 0 Å². The third-order valence-corrected chi connectivity index (χ3v) is 8.88. The van der Waals surface area contributed by atoms with Crippen LogP contribution in [0.5, 0.6) is 0 Å². The van der Waals surface area contributed by atoms with Crippen LogP contribution in [0, 0.1) is 5.41 Å². The van der Waals surface area contributed by atoms with Gasteiger partial charge >= 0.3 is 11.9 Å². The van der Waals surface area contributed by atoms with Gasteiger partial charge in [-0.3, -0.25) is 13.9 Å². The van der Waals surface area contributed by atoms with E-state index in [9.17, 15) is 22.4 Å². The molecule has 2 aliphatic carbocycles. The zero-order valence-corrected chi connectivity index (χ0v) is 21.5. The number of likely N-dealkylation sites (tertiary alicyclic amines) is 1. The van der Waals surface area contributed by atoms with Crippen LogP contribution in [-0.4, -0.2) is 47.9 Å². The molecule has 11 heteroatoms. The lowest BCUT2D eigenvalue weighted by atomic mass is 9.56. The first-order valence-corrected chi connectivity index (χ1v) is 13.2. The van der Waals surface area contributed by atoms with Crippen LogP contribution in [0.2, 0.25) is 0 Å². The van der Waals surface area contributed by atoms with E-state index in [-0.39, 0.29) is 24.0 Å². The lowest BCUT2D eigenvalue weighted by molar-refractivity contribution is -0.136. The average Bonchev–Trinajstić information content (AvgIpc) is 3.17. The number of nitrogens with zero attached hydrogens (tertiary/aromatic N) is 6. The van der Waals surface area contributed by atoms with Crippen molar-refractivity contribution in [2.75, 3.05) is 13.1 Å². The summed E-state index contributed by atoms with van der Waals surface area (Å²) in [6, 6.07) is 8.55. The van der Waals surface area contributed by atoms with Gasteiger partial charge < -0.3 is 4.57 Å². The lowest BCUT2D eigenvalue weighted by Crippen LogP contribution is -2.45. The first-order chi connectivity index (χ1) is 18.6. The maximum Gasteiger partial charge on any atom is 0.418 e. The maximum absolute atomic E-state index is 14.2. The molecule has 1 atom stereocenters. The van der Waals surface area contributed by atoms with Crippen molar-refractivity contribution in [1.82, 2.24) is 28.6 Å². The number of aromatic nitrogens is 5. The largest absolute Gasteiger partial charge is 0.418 e. The highest BCUT2D eigenvalue weighted by molar-refractivity contribution is 5.58. The van der Waals surface area contributed by atoms with Gasteiger partial charge in [0.15, 0.2) is 0 Å². The summed E-state index contributed by atoms with van der Waals surface area (Å²) in [6.45, 7) is 0.795. The number of aryl methyl sites for hydroxylation is 1. The fourth-order valence-electron chi connectivity index (χ4n) is 6.85. The molecule has 3 aliphatic rings. The number of halogens is 4. The van der Waals surface area contributed by atoms with Crippen molar-refractivity contribution in [1.29, 1.82) is 0 Å². The molecule has 0 radical (unpaired) electrons. The number of rotatable bonds is 5. The molecule has 1 saturated heterocycles. The van der Waals surface area contributed by atoms with Crippen molar-refractivity contribution >= 4 is 5.52 Å². The maximum atomic E-state index is 14.2. The average molecular weight is 541 g/mol. The van der Waals surface area contributed by atoms with Crippen molar-refractivity contribution in [2.24, 2.45) is 12.5 Å². The predicted octanol–water partition coefficient (Wildman–Crippen LogP) is 4.64. The van der Waals surface area contributed by atoms with Crippen LogP contribution in [0.1, 0.15) is 54.6 Å². The quantitative estimate of drug-likeness (QED) is 0.346. The molecule has 3 fully saturated rings. The molecule has 4 heterocycles. The Kier molecular flexibility index (Phi) is 5.21. The van der Waals surface area contributed by atoms with Gasteiger partial charge in [0, 0.05) is 39.1 Å². The molecular formula is C28H28F4N6O. The summed E-state index contributed by atoms with van der Waals surface area (Å²) in [4.78, 5) is 15.3. The van der Waals surface area contributed by atoms with Gasteiger partial charge in [-0.05, 0) is 66.8 Å². The topological polar surface area (TPSA) is 60.4 Å².